The van der Waals surface area contributed by atoms with Gasteiger partial charge in [0.15, 0.2) is 0 Å². The van der Waals surface area contributed by atoms with Crippen LogP contribution in [0.5, 0.6) is 0 Å². The minimum absolute atomic E-state index is 0. The number of sulfone groups is 1. The van der Waals surface area contributed by atoms with Gasteiger partial charge in [0.2, 0.25) is 5.91 Å². The van der Waals surface area contributed by atoms with E-state index in [2.05, 4.69) is 5.32 Å². The summed E-state index contributed by atoms with van der Waals surface area (Å²) in [5.74, 6) is -0.272. The molecular formula is C14H23ClN2O3S. The average molecular weight is 335 g/mol. The van der Waals surface area contributed by atoms with E-state index in [1.807, 2.05) is 18.2 Å². The summed E-state index contributed by atoms with van der Waals surface area (Å²) in [6.45, 7) is 3.41. The van der Waals surface area contributed by atoms with Crippen molar-refractivity contribution in [1.29, 1.82) is 0 Å². The number of nitrogens with one attached hydrogen (secondary N) is 1. The molecule has 0 radical (unpaired) electrons. The van der Waals surface area contributed by atoms with Crippen molar-refractivity contribution in [1.82, 2.24) is 5.32 Å². The Bertz CT molecular complexity index is 559. The summed E-state index contributed by atoms with van der Waals surface area (Å²) in [6, 6.07) is 8.83. The molecule has 0 aliphatic rings. The number of carbonyl (C=O) groups is 1. The molecule has 0 spiro atoms. The van der Waals surface area contributed by atoms with Crippen molar-refractivity contribution in [2.75, 3.05) is 12.0 Å². The predicted octanol–water partition coefficient (Wildman–Crippen LogP) is 1.22. The number of carbonyl (C=O) groups excluding carboxylic acids is 1. The van der Waals surface area contributed by atoms with E-state index in [9.17, 15) is 13.2 Å². The highest BCUT2D eigenvalue weighted by molar-refractivity contribution is 7.90. The van der Waals surface area contributed by atoms with Crippen LogP contribution in [0.1, 0.15) is 25.8 Å². The zero-order valence-corrected chi connectivity index (χ0v) is 14.1. The van der Waals surface area contributed by atoms with Crippen LogP contribution < -0.4 is 11.1 Å². The molecule has 5 nitrogen and oxygen atoms in total. The summed E-state index contributed by atoms with van der Waals surface area (Å²) in [5.41, 5.74) is 5.66. The highest BCUT2D eigenvalue weighted by Gasteiger charge is 2.31. The quantitative estimate of drug-likeness (QED) is 0.818. The summed E-state index contributed by atoms with van der Waals surface area (Å²) in [4.78, 5) is 12.2. The normalized spacial score (nSPS) is 15.4. The maximum absolute atomic E-state index is 12.2. The first-order chi connectivity index (χ1) is 9.13. The van der Waals surface area contributed by atoms with Gasteiger partial charge < -0.3 is 11.1 Å². The van der Waals surface area contributed by atoms with Crippen molar-refractivity contribution in [3.63, 3.8) is 0 Å². The molecule has 3 N–H and O–H groups in total. The maximum Gasteiger partial charge on any atom is 0.244 e. The van der Waals surface area contributed by atoms with Gasteiger partial charge in [-0.05, 0) is 25.8 Å². The fourth-order valence-electron chi connectivity index (χ4n) is 1.75. The second-order valence-corrected chi connectivity index (χ2v) is 7.62. The van der Waals surface area contributed by atoms with E-state index in [1.54, 1.807) is 26.0 Å². The highest BCUT2D eigenvalue weighted by Crippen LogP contribution is 2.17. The standard InChI is InChI=1S/C14H22N2O3S.ClH/c1-11(9-10-20(3,18)19)16-13(17)14(2,15)12-7-5-4-6-8-12;/h4-8,11H,9-10,15H2,1-3H3,(H,16,17);1H. The lowest BCUT2D eigenvalue weighted by atomic mass is 9.92. The van der Waals surface area contributed by atoms with Crippen LogP contribution in [0.4, 0.5) is 0 Å². The number of nitrogens with two attached hydrogens (primary N) is 1. The second kappa shape index (κ2) is 7.77. The molecule has 1 amide bonds. The van der Waals surface area contributed by atoms with E-state index in [-0.39, 0.29) is 30.1 Å². The van der Waals surface area contributed by atoms with Crippen molar-refractivity contribution < 1.29 is 13.2 Å². The Hall–Kier alpha value is -1.11. The minimum atomic E-state index is -3.03. The molecule has 21 heavy (non-hydrogen) atoms. The highest BCUT2D eigenvalue weighted by atomic mass is 35.5. The topological polar surface area (TPSA) is 89.3 Å². The molecule has 0 heterocycles. The third-order valence-corrected chi connectivity index (χ3v) is 4.12. The third kappa shape index (κ3) is 6.46. The van der Waals surface area contributed by atoms with Gasteiger partial charge in [-0.3, -0.25) is 4.79 Å². The Balaban J connectivity index is 0.00000400. The number of amides is 1. The number of halogens is 1. The summed E-state index contributed by atoms with van der Waals surface area (Å²) < 4.78 is 22.2. The van der Waals surface area contributed by atoms with E-state index in [4.69, 9.17) is 5.73 Å². The number of hydrogen-bond acceptors (Lipinski definition) is 4. The predicted molar refractivity (Wildman–Crippen MR) is 87.2 cm³/mol. The third-order valence-electron chi connectivity index (χ3n) is 3.14. The summed E-state index contributed by atoms with van der Waals surface area (Å²) >= 11 is 0. The maximum atomic E-state index is 12.2. The van der Waals surface area contributed by atoms with Crippen molar-refractivity contribution in [3.05, 3.63) is 35.9 Å². The monoisotopic (exact) mass is 334 g/mol. The summed E-state index contributed by atoms with van der Waals surface area (Å²) in [6.07, 6.45) is 1.55. The molecule has 0 aromatic heterocycles. The van der Waals surface area contributed by atoms with Crippen molar-refractivity contribution in [3.8, 4) is 0 Å². The van der Waals surface area contributed by atoms with Crippen molar-refractivity contribution in [2.45, 2.75) is 31.8 Å². The molecule has 0 fully saturated rings. The molecule has 1 aromatic carbocycles. The molecule has 0 aliphatic heterocycles. The fourth-order valence-corrected chi connectivity index (χ4v) is 2.53. The molecule has 0 bridgehead atoms. The Morgan fingerprint density at radius 2 is 1.86 bits per heavy atom. The SMILES string of the molecule is CC(CCS(C)(=O)=O)NC(=O)C(C)(N)c1ccccc1.Cl. The molecule has 2 unspecified atom stereocenters. The lowest BCUT2D eigenvalue weighted by molar-refractivity contribution is -0.126. The van der Waals surface area contributed by atoms with Gasteiger partial charge in [-0.15, -0.1) is 12.4 Å². The van der Waals surface area contributed by atoms with Crippen molar-refractivity contribution >= 4 is 28.2 Å². The van der Waals surface area contributed by atoms with E-state index in [0.717, 1.165) is 0 Å². The first-order valence-electron chi connectivity index (χ1n) is 6.46. The van der Waals surface area contributed by atoms with Crippen LogP contribution in [0.2, 0.25) is 0 Å². The average Bonchev–Trinajstić information content (AvgIpc) is 2.36. The molecule has 0 saturated carbocycles. The van der Waals surface area contributed by atoms with Crippen LogP contribution in [-0.4, -0.2) is 32.4 Å². The second-order valence-electron chi connectivity index (χ2n) is 5.36. The van der Waals surface area contributed by atoms with E-state index < -0.39 is 15.4 Å². The molecule has 0 saturated heterocycles. The van der Waals surface area contributed by atoms with E-state index >= 15 is 0 Å². The van der Waals surface area contributed by atoms with Gasteiger partial charge >= 0.3 is 0 Å². The van der Waals surface area contributed by atoms with Crippen LogP contribution in [-0.2, 0) is 20.2 Å². The lowest BCUT2D eigenvalue weighted by Crippen LogP contribution is -2.51. The van der Waals surface area contributed by atoms with Gasteiger partial charge in [0.25, 0.3) is 0 Å². The fraction of sp³-hybridized carbons (Fsp3) is 0.500. The molecular weight excluding hydrogens is 312 g/mol. The Morgan fingerprint density at radius 1 is 1.33 bits per heavy atom. The number of hydrogen-bond donors (Lipinski definition) is 2. The van der Waals surface area contributed by atoms with Gasteiger partial charge in [0.1, 0.15) is 15.4 Å². The minimum Gasteiger partial charge on any atom is -0.352 e. The first kappa shape index (κ1) is 19.9. The van der Waals surface area contributed by atoms with Gasteiger partial charge in [0.05, 0.1) is 5.75 Å². The van der Waals surface area contributed by atoms with Crippen LogP contribution >= 0.6 is 12.4 Å². The molecule has 120 valence electrons. The molecule has 0 aliphatic carbocycles. The Morgan fingerprint density at radius 3 is 2.33 bits per heavy atom. The van der Waals surface area contributed by atoms with E-state index in [0.29, 0.717) is 12.0 Å². The van der Waals surface area contributed by atoms with Crippen LogP contribution in [0.25, 0.3) is 0 Å². The zero-order chi connectivity index (χ0) is 15.4. The largest absolute Gasteiger partial charge is 0.352 e. The van der Waals surface area contributed by atoms with Crippen LogP contribution in [0.15, 0.2) is 30.3 Å². The molecule has 7 heteroatoms. The van der Waals surface area contributed by atoms with Gasteiger partial charge in [0, 0.05) is 12.3 Å². The van der Waals surface area contributed by atoms with E-state index in [1.165, 1.54) is 6.26 Å². The summed E-state index contributed by atoms with van der Waals surface area (Å²) in [5, 5.41) is 2.76. The smallest absolute Gasteiger partial charge is 0.244 e. The van der Waals surface area contributed by atoms with Gasteiger partial charge in [-0.2, -0.15) is 0 Å². The van der Waals surface area contributed by atoms with Gasteiger partial charge in [-0.25, -0.2) is 8.42 Å². The summed E-state index contributed by atoms with van der Waals surface area (Å²) in [7, 11) is -3.03. The number of benzene rings is 1. The molecule has 1 rings (SSSR count). The lowest BCUT2D eigenvalue weighted by Gasteiger charge is -2.26. The number of rotatable bonds is 6. The molecule has 2 atom stereocenters. The zero-order valence-electron chi connectivity index (χ0n) is 12.5. The van der Waals surface area contributed by atoms with Crippen LogP contribution in [0.3, 0.4) is 0 Å². The first-order valence-corrected chi connectivity index (χ1v) is 8.52. The van der Waals surface area contributed by atoms with Gasteiger partial charge in [-0.1, -0.05) is 30.3 Å². The van der Waals surface area contributed by atoms with Crippen LogP contribution in [0, 0.1) is 0 Å². The Labute approximate surface area is 132 Å². The van der Waals surface area contributed by atoms with Crippen molar-refractivity contribution in [2.24, 2.45) is 5.73 Å². The Kier molecular flexibility index (Phi) is 7.36. The molecule has 1 aromatic rings.